The highest BCUT2D eigenvalue weighted by molar-refractivity contribution is 5.58. The molecule has 2 heterocycles. The molecule has 6 nitrogen and oxygen atoms in total. The van der Waals surface area contributed by atoms with E-state index in [1.165, 1.54) is 0 Å². The summed E-state index contributed by atoms with van der Waals surface area (Å²) in [5, 5.41) is 13.7. The van der Waals surface area contributed by atoms with E-state index in [1.54, 1.807) is 7.11 Å². The van der Waals surface area contributed by atoms with Crippen LogP contribution in [-0.2, 0) is 0 Å². The van der Waals surface area contributed by atoms with Crippen LogP contribution in [0.15, 0.2) is 28.8 Å². The van der Waals surface area contributed by atoms with E-state index in [1.807, 2.05) is 31.2 Å². The van der Waals surface area contributed by atoms with Gasteiger partial charge in [0.2, 0.25) is 5.82 Å². The fourth-order valence-corrected chi connectivity index (χ4v) is 2.80. The third-order valence-electron chi connectivity index (χ3n) is 4.24. The van der Waals surface area contributed by atoms with Gasteiger partial charge in [-0.3, -0.25) is 0 Å². The Morgan fingerprint density at radius 2 is 2.14 bits per heavy atom. The van der Waals surface area contributed by atoms with Gasteiger partial charge in [0.05, 0.1) is 13.2 Å². The molecule has 1 atom stereocenters. The third kappa shape index (κ3) is 3.06. The molecule has 22 heavy (non-hydrogen) atoms. The zero-order valence-electron chi connectivity index (χ0n) is 12.9. The molecule has 0 saturated carbocycles. The summed E-state index contributed by atoms with van der Waals surface area (Å²) < 4.78 is 10.6. The zero-order chi connectivity index (χ0) is 15.5. The molecule has 1 aliphatic heterocycles. The lowest BCUT2D eigenvalue weighted by Crippen LogP contribution is -2.37. The van der Waals surface area contributed by atoms with Gasteiger partial charge in [0.25, 0.3) is 0 Å². The molecule has 0 radical (unpaired) electrons. The van der Waals surface area contributed by atoms with Crippen LogP contribution in [0.4, 0.5) is 6.01 Å². The van der Waals surface area contributed by atoms with E-state index in [0.717, 1.165) is 37.2 Å². The van der Waals surface area contributed by atoms with E-state index < -0.39 is 0 Å². The fourth-order valence-electron chi connectivity index (χ4n) is 2.80. The predicted octanol–water partition coefficient (Wildman–Crippen LogP) is 2.34. The second-order valence-electron chi connectivity index (χ2n) is 5.70. The van der Waals surface area contributed by atoms with Crippen molar-refractivity contribution < 1.29 is 14.4 Å². The summed E-state index contributed by atoms with van der Waals surface area (Å²) in [6, 6.07) is 8.14. The molecule has 1 unspecified atom stereocenters. The van der Waals surface area contributed by atoms with Crippen LogP contribution in [0.3, 0.4) is 0 Å². The lowest BCUT2D eigenvalue weighted by molar-refractivity contribution is 0.109. The molecule has 0 bridgehead atoms. The van der Waals surface area contributed by atoms with Crippen molar-refractivity contribution in [2.24, 2.45) is 5.92 Å². The highest BCUT2D eigenvalue weighted by atomic mass is 16.5. The Kier molecular flexibility index (Phi) is 4.29. The fraction of sp³-hybridized carbons (Fsp3) is 0.500. The Morgan fingerprint density at radius 3 is 2.82 bits per heavy atom. The molecule has 1 aliphatic rings. The monoisotopic (exact) mass is 303 g/mol. The Balaban J connectivity index is 1.71. The molecule has 1 saturated heterocycles. The minimum absolute atomic E-state index is 0.253. The van der Waals surface area contributed by atoms with Crippen LogP contribution in [-0.4, -0.2) is 41.6 Å². The maximum absolute atomic E-state index is 9.65. The summed E-state index contributed by atoms with van der Waals surface area (Å²) in [6.07, 6.45) is 1.63. The summed E-state index contributed by atoms with van der Waals surface area (Å²) >= 11 is 0. The van der Waals surface area contributed by atoms with Gasteiger partial charge in [-0.2, -0.15) is 4.98 Å². The SMILES string of the molecule is COc1cccc(-c2noc(N3CCC(C(C)O)CC3)n2)c1. The number of piperidine rings is 1. The highest BCUT2D eigenvalue weighted by Gasteiger charge is 2.25. The first-order valence-electron chi connectivity index (χ1n) is 7.58. The van der Waals surface area contributed by atoms with Crippen LogP contribution in [0, 0.1) is 5.92 Å². The molecule has 1 aromatic heterocycles. The Bertz CT molecular complexity index is 619. The number of hydrogen-bond acceptors (Lipinski definition) is 6. The molecule has 2 aromatic rings. The largest absolute Gasteiger partial charge is 0.497 e. The highest BCUT2D eigenvalue weighted by Crippen LogP contribution is 2.27. The van der Waals surface area contributed by atoms with E-state index >= 15 is 0 Å². The number of methoxy groups -OCH3 is 1. The molecule has 0 aliphatic carbocycles. The van der Waals surface area contributed by atoms with Gasteiger partial charge in [-0.25, -0.2) is 0 Å². The van der Waals surface area contributed by atoms with Crippen LogP contribution in [0.25, 0.3) is 11.4 Å². The number of rotatable bonds is 4. The van der Waals surface area contributed by atoms with Gasteiger partial charge in [-0.05, 0) is 37.8 Å². The maximum Gasteiger partial charge on any atom is 0.324 e. The molecule has 1 N–H and O–H groups in total. The van der Waals surface area contributed by atoms with E-state index in [2.05, 4.69) is 15.0 Å². The number of anilines is 1. The summed E-state index contributed by atoms with van der Waals surface area (Å²) in [5.74, 6) is 1.69. The van der Waals surface area contributed by atoms with Crippen molar-refractivity contribution in [1.29, 1.82) is 0 Å². The number of aliphatic hydroxyl groups excluding tert-OH is 1. The molecule has 6 heteroatoms. The maximum atomic E-state index is 9.65. The standard InChI is InChI=1S/C16H21N3O3/c1-11(20)12-6-8-19(9-7-12)16-17-15(18-22-16)13-4-3-5-14(10-13)21-2/h3-5,10-12,20H,6-9H2,1-2H3. The van der Waals surface area contributed by atoms with Gasteiger partial charge >= 0.3 is 6.01 Å². The molecule has 0 spiro atoms. The van der Waals surface area contributed by atoms with Crippen LogP contribution < -0.4 is 9.64 Å². The Hall–Kier alpha value is -2.08. The molecular weight excluding hydrogens is 282 g/mol. The molecule has 0 amide bonds. The summed E-state index contributed by atoms with van der Waals surface area (Å²) in [5.41, 5.74) is 0.869. The predicted molar refractivity (Wildman–Crippen MR) is 82.9 cm³/mol. The number of aliphatic hydroxyl groups is 1. The number of nitrogens with zero attached hydrogens (tertiary/aromatic N) is 3. The number of ether oxygens (including phenoxy) is 1. The third-order valence-corrected chi connectivity index (χ3v) is 4.24. The van der Waals surface area contributed by atoms with Crippen LogP contribution in [0.1, 0.15) is 19.8 Å². The molecule has 118 valence electrons. The Morgan fingerprint density at radius 1 is 1.36 bits per heavy atom. The van der Waals surface area contributed by atoms with Crippen LogP contribution >= 0.6 is 0 Å². The first-order chi connectivity index (χ1) is 10.7. The van der Waals surface area contributed by atoms with Crippen molar-refractivity contribution in [3.05, 3.63) is 24.3 Å². The first-order valence-corrected chi connectivity index (χ1v) is 7.58. The number of benzene rings is 1. The quantitative estimate of drug-likeness (QED) is 0.934. The molecule has 1 aromatic carbocycles. The van der Waals surface area contributed by atoms with Crippen molar-refractivity contribution in [1.82, 2.24) is 10.1 Å². The normalized spacial score (nSPS) is 17.5. The summed E-state index contributed by atoms with van der Waals surface area (Å²) in [6.45, 7) is 3.51. The van der Waals surface area contributed by atoms with Crippen LogP contribution in [0.2, 0.25) is 0 Å². The summed E-state index contributed by atoms with van der Waals surface area (Å²) in [4.78, 5) is 6.56. The smallest absolute Gasteiger partial charge is 0.324 e. The average Bonchev–Trinajstić information content (AvgIpc) is 3.05. The number of hydrogen-bond donors (Lipinski definition) is 1. The zero-order valence-corrected chi connectivity index (χ0v) is 12.9. The van der Waals surface area contributed by atoms with Crippen molar-refractivity contribution in [2.75, 3.05) is 25.1 Å². The van der Waals surface area contributed by atoms with E-state index in [0.29, 0.717) is 17.8 Å². The molecular formula is C16H21N3O3. The van der Waals surface area contributed by atoms with E-state index in [-0.39, 0.29) is 6.10 Å². The topological polar surface area (TPSA) is 71.6 Å². The van der Waals surface area contributed by atoms with E-state index in [9.17, 15) is 5.11 Å². The minimum atomic E-state index is -0.253. The van der Waals surface area contributed by atoms with Gasteiger partial charge in [-0.1, -0.05) is 17.3 Å². The minimum Gasteiger partial charge on any atom is -0.497 e. The second-order valence-corrected chi connectivity index (χ2v) is 5.70. The van der Waals surface area contributed by atoms with Crippen molar-refractivity contribution in [2.45, 2.75) is 25.9 Å². The van der Waals surface area contributed by atoms with Crippen molar-refractivity contribution in [3.8, 4) is 17.1 Å². The lowest BCUT2D eigenvalue weighted by atomic mass is 9.92. The van der Waals surface area contributed by atoms with Crippen LogP contribution in [0.5, 0.6) is 5.75 Å². The van der Waals surface area contributed by atoms with Gasteiger partial charge in [0.1, 0.15) is 5.75 Å². The van der Waals surface area contributed by atoms with Crippen molar-refractivity contribution >= 4 is 6.01 Å². The summed E-state index contributed by atoms with van der Waals surface area (Å²) in [7, 11) is 1.63. The van der Waals surface area contributed by atoms with Gasteiger partial charge < -0.3 is 19.3 Å². The second kappa shape index (κ2) is 6.36. The molecule has 3 rings (SSSR count). The van der Waals surface area contributed by atoms with Gasteiger partial charge in [0.15, 0.2) is 0 Å². The lowest BCUT2D eigenvalue weighted by Gasteiger charge is -2.31. The van der Waals surface area contributed by atoms with Gasteiger partial charge in [-0.15, -0.1) is 0 Å². The van der Waals surface area contributed by atoms with E-state index in [4.69, 9.17) is 9.26 Å². The van der Waals surface area contributed by atoms with Gasteiger partial charge in [0, 0.05) is 18.7 Å². The number of aromatic nitrogens is 2. The molecule has 1 fully saturated rings. The average molecular weight is 303 g/mol. The Labute approximate surface area is 129 Å². The van der Waals surface area contributed by atoms with Crippen molar-refractivity contribution in [3.63, 3.8) is 0 Å². The first kappa shape index (κ1) is 14.8.